The molecule has 0 radical (unpaired) electrons. The number of aromatic nitrogens is 2. The molecule has 10 heteroatoms. The van der Waals surface area contributed by atoms with Crippen LogP contribution in [0.2, 0.25) is 15.1 Å². The summed E-state index contributed by atoms with van der Waals surface area (Å²) in [6, 6.07) is 16.5. The van der Waals surface area contributed by atoms with E-state index in [1.54, 1.807) is 12.1 Å². The Morgan fingerprint density at radius 2 is 1.53 bits per heavy atom. The Balaban J connectivity index is 1.89. The van der Waals surface area contributed by atoms with Crippen LogP contribution in [0.5, 0.6) is 0 Å². The molecule has 0 fully saturated rings. The van der Waals surface area contributed by atoms with Crippen molar-refractivity contribution in [3.8, 4) is 12.1 Å². The Bertz CT molecular complexity index is 1500. The molecule has 1 heterocycles. The number of fused-ring (bicyclic) bond motifs is 1. The Morgan fingerprint density at radius 1 is 0.844 bits per heavy atom. The minimum absolute atomic E-state index is 0.0476. The van der Waals surface area contributed by atoms with Crippen LogP contribution in [0.3, 0.4) is 0 Å². The largest absolute Gasteiger partial charge is 0.355 e. The maximum atomic E-state index is 12.7. The number of nitriles is 2. The third-order valence-corrected chi connectivity index (χ3v) is 5.88. The number of hydrogen-bond acceptors (Lipinski definition) is 6. The molecule has 0 amide bonds. The number of halogens is 3. The second-order valence-electron chi connectivity index (χ2n) is 6.52. The SMILES string of the molecule is N#Cc1c(Cl)c(Cl)c(Nc2ccc(Nc3ccccc3)c3c(=O)[nH]cnc23)c(C#N)c1Cl. The summed E-state index contributed by atoms with van der Waals surface area (Å²) in [4.78, 5) is 19.5. The molecular weight excluding hydrogens is 471 g/mol. The van der Waals surface area contributed by atoms with Gasteiger partial charge in [-0.3, -0.25) is 4.79 Å². The van der Waals surface area contributed by atoms with E-state index in [2.05, 4.69) is 20.6 Å². The van der Waals surface area contributed by atoms with E-state index in [4.69, 9.17) is 34.8 Å². The van der Waals surface area contributed by atoms with Gasteiger partial charge < -0.3 is 15.6 Å². The lowest BCUT2D eigenvalue weighted by Gasteiger charge is -2.16. The van der Waals surface area contributed by atoms with Crippen LogP contribution in [0.15, 0.2) is 53.6 Å². The van der Waals surface area contributed by atoms with Gasteiger partial charge in [-0.15, -0.1) is 0 Å². The Labute approximate surface area is 196 Å². The summed E-state index contributed by atoms with van der Waals surface area (Å²) in [5.41, 5.74) is 1.64. The molecule has 156 valence electrons. The Hall–Kier alpha value is -3.75. The van der Waals surface area contributed by atoms with Gasteiger partial charge >= 0.3 is 0 Å². The van der Waals surface area contributed by atoms with Gasteiger partial charge in [-0.25, -0.2) is 4.98 Å². The maximum Gasteiger partial charge on any atom is 0.260 e. The molecule has 0 aliphatic heterocycles. The van der Waals surface area contributed by atoms with Crippen LogP contribution in [0.25, 0.3) is 10.9 Å². The van der Waals surface area contributed by atoms with Gasteiger partial charge in [0.25, 0.3) is 5.56 Å². The molecule has 0 bridgehead atoms. The van der Waals surface area contributed by atoms with Crippen molar-refractivity contribution in [3.63, 3.8) is 0 Å². The van der Waals surface area contributed by atoms with Gasteiger partial charge in [-0.2, -0.15) is 10.5 Å². The minimum atomic E-state index is -0.362. The van der Waals surface area contributed by atoms with Gasteiger partial charge in [0.1, 0.15) is 17.7 Å². The molecule has 0 atom stereocenters. The molecule has 3 aromatic carbocycles. The van der Waals surface area contributed by atoms with E-state index < -0.39 is 0 Å². The lowest BCUT2D eigenvalue weighted by Crippen LogP contribution is -2.10. The Morgan fingerprint density at radius 3 is 2.22 bits per heavy atom. The highest BCUT2D eigenvalue weighted by atomic mass is 35.5. The third kappa shape index (κ3) is 3.70. The number of nitrogens with one attached hydrogen (secondary N) is 3. The predicted octanol–water partition coefficient (Wildman–Crippen LogP) is 6.11. The minimum Gasteiger partial charge on any atom is -0.355 e. The molecule has 3 N–H and O–H groups in total. The van der Waals surface area contributed by atoms with Gasteiger partial charge in [0.2, 0.25) is 0 Å². The number of anilines is 4. The lowest BCUT2D eigenvalue weighted by molar-refractivity contribution is 1.17. The van der Waals surface area contributed by atoms with Crippen molar-refractivity contribution in [3.05, 3.63) is 85.3 Å². The molecule has 0 spiro atoms. The van der Waals surface area contributed by atoms with Crippen LogP contribution >= 0.6 is 34.8 Å². The first kappa shape index (κ1) is 21.5. The van der Waals surface area contributed by atoms with Crippen molar-refractivity contribution in [1.29, 1.82) is 10.5 Å². The summed E-state index contributed by atoms with van der Waals surface area (Å²) in [6.07, 6.45) is 1.27. The van der Waals surface area contributed by atoms with E-state index in [1.807, 2.05) is 42.5 Å². The van der Waals surface area contributed by atoms with Crippen molar-refractivity contribution in [2.45, 2.75) is 0 Å². The molecule has 4 rings (SSSR count). The molecular formula is C22H11Cl3N6O. The van der Waals surface area contributed by atoms with Crippen LogP contribution in [-0.4, -0.2) is 9.97 Å². The van der Waals surface area contributed by atoms with Crippen LogP contribution < -0.4 is 16.2 Å². The molecule has 32 heavy (non-hydrogen) atoms. The van der Waals surface area contributed by atoms with Gasteiger partial charge in [0.15, 0.2) is 0 Å². The highest BCUT2D eigenvalue weighted by Gasteiger charge is 2.22. The molecule has 7 nitrogen and oxygen atoms in total. The van der Waals surface area contributed by atoms with Crippen molar-refractivity contribution in [1.82, 2.24) is 9.97 Å². The normalized spacial score (nSPS) is 10.4. The van der Waals surface area contributed by atoms with Crippen molar-refractivity contribution >= 4 is 68.5 Å². The summed E-state index contributed by atoms with van der Waals surface area (Å²) in [5.74, 6) is 0. The van der Waals surface area contributed by atoms with E-state index in [0.29, 0.717) is 22.3 Å². The zero-order valence-electron chi connectivity index (χ0n) is 16.0. The van der Waals surface area contributed by atoms with E-state index >= 15 is 0 Å². The molecule has 4 aromatic rings. The van der Waals surface area contributed by atoms with Crippen molar-refractivity contribution < 1.29 is 0 Å². The monoisotopic (exact) mass is 480 g/mol. The first-order valence-electron chi connectivity index (χ1n) is 9.06. The lowest BCUT2D eigenvalue weighted by atomic mass is 10.1. The third-order valence-electron chi connectivity index (χ3n) is 4.65. The zero-order chi connectivity index (χ0) is 22.8. The second kappa shape index (κ2) is 8.78. The van der Waals surface area contributed by atoms with Gasteiger partial charge in [-0.1, -0.05) is 53.0 Å². The first-order chi connectivity index (χ1) is 15.5. The standard InChI is InChI=1S/C22H11Cl3N6O/c23-17-12(8-26)18(24)19(25)20(13(17)9-27)31-15-7-6-14(30-11-4-2-1-3-5-11)16-21(15)28-10-29-22(16)32/h1-7,10,30-31H,(H,28,29,32). The fraction of sp³-hybridized carbons (Fsp3) is 0. The van der Waals surface area contributed by atoms with Gasteiger partial charge in [0.05, 0.1) is 55.0 Å². The highest BCUT2D eigenvalue weighted by molar-refractivity contribution is 6.46. The zero-order valence-corrected chi connectivity index (χ0v) is 18.3. The number of benzene rings is 3. The highest BCUT2D eigenvalue weighted by Crippen LogP contribution is 2.43. The predicted molar refractivity (Wildman–Crippen MR) is 126 cm³/mol. The summed E-state index contributed by atoms with van der Waals surface area (Å²) in [7, 11) is 0. The number of para-hydroxylation sites is 1. The topological polar surface area (TPSA) is 117 Å². The van der Waals surface area contributed by atoms with Crippen LogP contribution in [0.4, 0.5) is 22.7 Å². The van der Waals surface area contributed by atoms with Crippen LogP contribution in [0.1, 0.15) is 11.1 Å². The average molecular weight is 482 g/mol. The number of rotatable bonds is 4. The summed E-state index contributed by atoms with van der Waals surface area (Å²) >= 11 is 18.7. The Kier molecular flexibility index (Phi) is 5.89. The fourth-order valence-electron chi connectivity index (χ4n) is 3.18. The summed E-state index contributed by atoms with van der Waals surface area (Å²) in [6.45, 7) is 0. The van der Waals surface area contributed by atoms with Gasteiger partial charge in [-0.05, 0) is 24.3 Å². The molecule has 1 aromatic heterocycles. The average Bonchev–Trinajstić information content (AvgIpc) is 2.80. The van der Waals surface area contributed by atoms with Crippen molar-refractivity contribution in [2.24, 2.45) is 0 Å². The van der Waals surface area contributed by atoms with Crippen LogP contribution in [-0.2, 0) is 0 Å². The van der Waals surface area contributed by atoms with Crippen molar-refractivity contribution in [2.75, 3.05) is 10.6 Å². The van der Waals surface area contributed by atoms with Crippen LogP contribution in [0, 0.1) is 22.7 Å². The maximum absolute atomic E-state index is 12.7. The number of H-pyrrole nitrogens is 1. The molecule has 0 saturated carbocycles. The molecule has 0 unspecified atom stereocenters. The summed E-state index contributed by atoms with van der Waals surface area (Å²) < 4.78 is 0. The molecule has 0 aliphatic carbocycles. The van der Waals surface area contributed by atoms with E-state index in [-0.39, 0.29) is 37.4 Å². The quantitative estimate of drug-likeness (QED) is 0.303. The van der Waals surface area contributed by atoms with E-state index in [9.17, 15) is 15.3 Å². The second-order valence-corrected chi connectivity index (χ2v) is 7.66. The first-order valence-corrected chi connectivity index (χ1v) is 10.2. The molecule has 0 saturated heterocycles. The smallest absolute Gasteiger partial charge is 0.260 e. The molecule has 0 aliphatic rings. The number of aromatic amines is 1. The summed E-state index contributed by atoms with van der Waals surface area (Å²) in [5, 5.41) is 25.1. The number of nitrogens with zero attached hydrogens (tertiary/aromatic N) is 3. The van der Waals surface area contributed by atoms with Gasteiger partial charge in [0, 0.05) is 5.69 Å². The van der Waals surface area contributed by atoms with E-state index in [1.165, 1.54) is 6.33 Å². The fourth-order valence-corrected chi connectivity index (χ4v) is 3.97. The number of hydrogen-bond donors (Lipinski definition) is 3. The van der Waals surface area contributed by atoms with E-state index in [0.717, 1.165) is 5.69 Å².